The summed E-state index contributed by atoms with van der Waals surface area (Å²) in [4.78, 5) is 2.39. The van der Waals surface area contributed by atoms with Crippen molar-refractivity contribution in [2.24, 2.45) is 0 Å². The number of anilines is 1. The first-order chi connectivity index (χ1) is 8.49. The van der Waals surface area contributed by atoms with E-state index >= 15 is 0 Å². The minimum atomic E-state index is 0.967. The molecule has 0 heterocycles. The van der Waals surface area contributed by atoms with Gasteiger partial charge in [0.15, 0.2) is 0 Å². The molecule has 0 aliphatic carbocycles. The lowest BCUT2D eigenvalue weighted by atomic mass is 10.2. The van der Waals surface area contributed by atoms with Gasteiger partial charge in [0, 0.05) is 18.8 Å². The lowest BCUT2D eigenvalue weighted by Gasteiger charge is -2.22. The molecule has 0 bridgehead atoms. The standard InChI is InChI=1S/C17H25N/c1-14(2)10-12-18(13-11-15(3)4)17-8-6-16(5)7-9-17/h6-11H,12-13H2,1-5H3. The number of rotatable bonds is 5. The van der Waals surface area contributed by atoms with Crippen LogP contribution in [0.5, 0.6) is 0 Å². The second kappa shape index (κ2) is 7.05. The minimum Gasteiger partial charge on any atom is -0.364 e. The molecule has 1 nitrogen and oxygen atoms in total. The van der Waals surface area contributed by atoms with Crippen LogP contribution in [-0.4, -0.2) is 13.1 Å². The van der Waals surface area contributed by atoms with Gasteiger partial charge in [0.25, 0.3) is 0 Å². The van der Waals surface area contributed by atoms with E-state index in [1.807, 2.05) is 0 Å². The summed E-state index contributed by atoms with van der Waals surface area (Å²) in [6.07, 6.45) is 4.55. The molecule has 0 fully saturated rings. The van der Waals surface area contributed by atoms with Crippen molar-refractivity contribution in [3.05, 3.63) is 53.1 Å². The van der Waals surface area contributed by atoms with Gasteiger partial charge >= 0.3 is 0 Å². The number of benzene rings is 1. The molecule has 1 rings (SSSR count). The predicted molar refractivity (Wildman–Crippen MR) is 82.3 cm³/mol. The van der Waals surface area contributed by atoms with Crippen LogP contribution in [0.15, 0.2) is 47.6 Å². The Kier molecular flexibility index (Phi) is 5.70. The Bertz CT molecular complexity index is 395. The zero-order chi connectivity index (χ0) is 13.5. The Morgan fingerprint density at radius 1 is 0.889 bits per heavy atom. The molecule has 0 saturated carbocycles. The van der Waals surface area contributed by atoms with E-state index in [-0.39, 0.29) is 0 Å². The molecule has 0 amide bonds. The number of hydrogen-bond donors (Lipinski definition) is 0. The molecule has 0 spiro atoms. The van der Waals surface area contributed by atoms with E-state index in [0.717, 1.165) is 13.1 Å². The molecular weight excluding hydrogens is 218 g/mol. The quantitative estimate of drug-likeness (QED) is 0.675. The van der Waals surface area contributed by atoms with Crippen LogP contribution in [0.25, 0.3) is 0 Å². The van der Waals surface area contributed by atoms with E-state index in [4.69, 9.17) is 0 Å². The molecule has 0 aliphatic rings. The average Bonchev–Trinajstić information content (AvgIpc) is 2.30. The number of aryl methyl sites for hydroxylation is 1. The van der Waals surface area contributed by atoms with Gasteiger partial charge in [0.05, 0.1) is 0 Å². The van der Waals surface area contributed by atoms with Gasteiger partial charge in [-0.1, -0.05) is 41.0 Å². The molecule has 0 N–H and O–H groups in total. The van der Waals surface area contributed by atoms with Crippen LogP contribution in [0.2, 0.25) is 0 Å². The summed E-state index contributed by atoms with van der Waals surface area (Å²) in [6, 6.07) is 8.75. The number of nitrogens with zero attached hydrogens (tertiary/aromatic N) is 1. The fourth-order valence-electron chi connectivity index (χ4n) is 1.63. The van der Waals surface area contributed by atoms with Crippen molar-refractivity contribution in [2.75, 3.05) is 18.0 Å². The molecule has 18 heavy (non-hydrogen) atoms. The van der Waals surface area contributed by atoms with E-state index < -0.39 is 0 Å². The normalized spacial score (nSPS) is 9.83. The van der Waals surface area contributed by atoms with Crippen LogP contribution in [-0.2, 0) is 0 Å². The molecule has 1 heteroatoms. The van der Waals surface area contributed by atoms with Gasteiger partial charge in [-0.15, -0.1) is 0 Å². The highest BCUT2D eigenvalue weighted by Gasteiger charge is 2.02. The van der Waals surface area contributed by atoms with Crippen molar-refractivity contribution in [3.8, 4) is 0 Å². The zero-order valence-electron chi connectivity index (χ0n) is 12.3. The topological polar surface area (TPSA) is 3.24 Å². The van der Waals surface area contributed by atoms with Crippen molar-refractivity contribution in [1.82, 2.24) is 0 Å². The van der Waals surface area contributed by atoms with Crippen LogP contribution in [0.3, 0.4) is 0 Å². The van der Waals surface area contributed by atoms with Gasteiger partial charge in [0.1, 0.15) is 0 Å². The molecule has 1 aromatic carbocycles. The van der Waals surface area contributed by atoms with Gasteiger partial charge in [0.2, 0.25) is 0 Å². The smallest absolute Gasteiger partial charge is 0.0372 e. The van der Waals surface area contributed by atoms with E-state index in [1.54, 1.807) is 0 Å². The monoisotopic (exact) mass is 243 g/mol. The van der Waals surface area contributed by atoms with Crippen molar-refractivity contribution >= 4 is 5.69 Å². The highest BCUT2D eigenvalue weighted by molar-refractivity contribution is 5.48. The van der Waals surface area contributed by atoms with Crippen LogP contribution in [0.4, 0.5) is 5.69 Å². The molecule has 0 aliphatic heterocycles. The second-order valence-electron chi connectivity index (χ2n) is 5.30. The first-order valence-electron chi connectivity index (χ1n) is 6.57. The highest BCUT2D eigenvalue weighted by Crippen LogP contribution is 2.15. The number of allylic oxidation sites excluding steroid dienone is 2. The van der Waals surface area contributed by atoms with Gasteiger partial charge in [-0.2, -0.15) is 0 Å². The van der Waals surface area contributed by atoms with Gasteiger partial charge < -0.3 is 4.90 Å². The first-order valence-corrected chi connectivity index (χ1v) is 6.57. The molecule has 0 radical (unpaired) electrons. The molecule has 0 atom stereocenters. The van der Waals surface area contributed by atoms with Crippen molar-refractivity contribution in [3.63, 3.8) is 0 Å². The molecule has 1 aromatic rings. The summed E-state index contributed by atoms with van der Waals surface area (Å²) in [6.45, 7) is 12.6. The SMILES string of the molecule is CC(C)=CCN(CC=C(C)C)c1ccc(C)cc1. The number of hydrogen-bond acceptors (Lipinski definition) is 1. The first kappa shape index (κ1) is 14.6. The Morgan fingerprint density at radius 3 is 1.72 bits per heavy atom. The Hall–Kier alpha value is -1.50. The maximum Gasteiger partial charge on any atom is 0.0372 e. The minimum absolute atomic E-state index is 0.967. The van der Waals surface area contributed by atoms with E-state index in [2.05, 4.69) is 75.9 Å². The van der Waals surface area contributed by atoms with E-state index in [0.29, 0.717) is 0 Å². The van der Waals surface area contributed by atoms with Crippen molar-refractivity contribution in [2.45, 2.75) is 34.6 Å². The van der Waals surface area contributed by atoms with Crippen LogP contribution >= 0.6 is 0 Å². The van der Waals surface area contributed by atoms with Crippen LogP contribution < -0.4 is 4.90 Å². The molecule has 0 saturated heterocycles. The highest BCUT2D eigenvalue weighted by atomic mass is 15.1. The lowest BCUT2D eigenvalue weighted by molar-refractivity contribution is 0.940. The lowest BCUT2D eigenvalue weighted by Crippen LogP contribution is -2.23. The molecular formula is C17H25N. The summed E-state index contributed by atoms with van der Waals surface area (Å²) in [5.74, 6) is 0. The molecule has 0 unspecified atom stereocenters. The maximum absolute atomic E-state index is 2.39. The fourth-order valence-corrected chi connectivity index (χ4v) is 1.63. The third-order valence-corrected chi connectivity index (χ3v) is 2.84. The van der Waals surface area contributed by atoms with Crippen molar-refractivity contribution in [1.29, 1.82) is 0 Å². The van der Waals surface area contributed by atoms with Crippen molar-refractivity contribution < 1.29 is 0 Å². The van der Waals surface area contributed by atoms with Gasteiger partial charge in [-0.25, -0.2) is 0 Å². The van der Waals surface area contributed by atoms with E-state index in [1.165, 1.54) is 22.4 Å². The summed E-state index contributed by atoms with van der Waals surface area (Å²) in [5, 5.41) is 0. The molecule has 0 aromatic heterocycles. The van der Waals surface area contributed by atoms with Crippen LogP contribution in [0.1, 0.15) is 33.3 Å². The third-order valence-electron chi connectivity index (χ3n) is 2.84. The Labute approximate surface area is 112 Å². The van der Waals surface area contributed by atoms with E-state index in [9.17, 15) is 0 Å². The second-order valence-corrected chi connectivity index (χ2v) is 5.30. The maximum atomic E-state index is 2.39. The summed E-state index contributed by atoms with van der Waals surface area (Å²) >= 11 is 0. The van der Waals surface area contributed by atoms with Gasteiger partial charge in [-0.05, 0) is 46.8 Å². The average molecular weight is 243 g/mol. The Morgan fingerprint density at radius 2 is 1.33 bits per heavy atom. The van der Waals surface area contributed by atoms with Crippen LogP contribution in [0, 0.1) is 6.92 Å². The summed E-state index contributed by atoms with van der Waals surface area (Å²) in [7, 11) is 0. The Balaban J connectivity index is 2.85. The van der Waals surface area contributed by atoms with Gasteiger partial charge in [-0.3, -0.25) is 0 Å². The summed E-state index contributed by atoms with van der Waals surface area (Å²) < 4.78 is 0. The molecule has 98 valence electrons. The fraction of sp³-hybridized carbons (Fsp3) is 0.412. The third kappa shape index (κ3) is 5.22. The zero-order valence-corrected chi connectivity index (χ0v) is 12.3. The summed E-state index contributed by atoms with van der Waals surface area (Å²) in [5.41, 5.74) is 5.33. The predicted octanol–water partition coefficient (Wildman–Crippen LogP) is 4.73. The largest absolute Gasteiger partial charge is 0.364 e.